The van der Waals surface area contributed by atoms with Crippen LogP contribution in [-0.2, 0) is 14.5 Å². The van der Waals surface area contributed by atoms with Gasteiger partial charge in [-0.1, -0.05) is 6.07 Å². The number of H-pyrrole nitrogens is 1. The van der Waals surface area contributed by atoms with Gasteiger partial charge in [-0.2, -0.15) is 18.0 Å². The fourth-order valence-corrected chi connectivity index (χ4v) is 4.53. The lowest BCUT2D eigenvalue weighted by Gasteiger charge is -2.19. The molecule has 4 atom stereocenters. The largest absolute Gasteiger partial charge is 0.390 e. The minimum absolute atomic E-state index is 0.278. The summed E-state index contributed by atoms with van der Waals surface area (Å²) < 4.78 is 28.3. The molecule has 1 aromatic carbocycles. The zero-order valence-electron chi connectivity index (χ0n) is 16.8. The van der Waals surface area contributed by atoms with Crippen molar-refractivity contribution in [2.24, 2.45) is 11.1 Å². The lowest BCUT2D eigenvalue weighted by Crippen LogP contribution is -2.36. The van der Waals surface area contributed by atoms with Gasteiger partial charge in [0.1, 0.15) is 11.9 Å². The Hall–Kier alpha value is -3.03. The lowest BCUT2D eigenvalue weighted by molar-refractivity contribution is 0.00777. The number of hydrogen-bond acceptors (Lipinski definition) is 8. The summed E-state index contributed by atoms with van der Waals surface area (Å²) in [6, 6.07) is 11.0. The number of aromatic amines is 1. The van der Waals surface area contributed by atoms with E-state index >= 15 is 0 Å². The molecular formula is C20H22N6O5S. The number of aliphatic hydroxyl groups excluding tert-OH is 2. The highest BCUT2D eigenvalue weighted by molar-refractivity contribution is 7.84. The summed E-state index contributed by atoms with van der Waals surface area (Å²) >= 11 is 0. The molecule has 0 amide bonds. The molecule has 4 aromatic rings. The van der Waals surface area contributed by atoms with E-state index in [1.165, 1.54) is 0 Å². The molecule has 3 aromatic heterocycles. The van der Waals surface area contributed by atoms with Gasteiger partial charge < -0.3 is 20.5 Å². The van der Waals surface area contributed by atoms with E-state index in [2.05, 4.69) is 24.6 Å². The number of nitrogens with one attached hydrogen (secondary N) is 2. The molecule has 168 valence electrons. The predicted octanol–water partition coefficient (Wildman–Crippen LogP) is 0.620. The number of benzene rings is 1. The van der Waals surface area contributed by atoms with Crippen LogP contribution in [0.25, 0.3) is 27.8 Å². The van der Waals surface area contributed by atoms with Crippen LogP contribution in [0.3, 0.4) is 0 Å². The Labute approximate surface area is 183 Å². The van der Waals surface area contributed by atoms with E-state index in [0.717, 1.165) is 22.2 Å². The van der Waals surface area contributed by atoms with Crippen LogP contribution in [-0.4, -0.2) is 63.1 Å². The second-order valence-corrected chi connectivity index (χ2v) is 9.14. The van der Waals surface area contributed by atoms with Crippen LogP contribution in [0.1, 0.15) is 6.42 Å². The SMILES string of the molecule is NS(=O)(=O)OCC1C[C@@H](Nc2ccnc3cc(-c4ccc5[nH]ccc5c4)nn23)[C@H](O)[C@@H]1O. The zero-order valence-corrected chi connectivity index (χ0v) is 17.6. The van der Waals surface area contributed by atoms with Gasteiger partial charge in [-0.3, -0.25) is 4.18 Å². The summed E-state index contributed by atoms with van der Waals surface area (Å²) in [5, 5.41) is 34.5. The predicted molar refractivity (Wildman–Crippen MR) is 117 cm³/mol. The first-order chi connectivity index (χ1) is 15.3. The summed E-state index contributed by atoms with van der Waals surface area (Å²) in [6.07, 6.45) is 1.49. The van der Waals surface area contributed by atoms with Crippen LogP contribution in [0.5, 0.6) is 0 Å². The topological polar surface area (TPSA) is 168 Å². The van der Waals surface area contributed by atoms with Crippen LogP contribution in [0, 0.1) is 5.92 Å². The molecule has 11 nitrogen and oxygen atoms in total. The van der Waals surface area contributed by atoms with Gasteiger partial charge in [-0.05, 0) is 30.7 Å². The zero-order chi connectivity index (χ0) is 22.5. The summed E-state index contributed by atoms with van der Waals surface area (Å²) in [6.45, 7) is -0.311. The maximum atomic E-state index is 11.0. The average Bonchev–Trinajstić information content (AvgIpc) is 3.45. The van der Waals surface area contributed by atoms with E-state index in [0.29, 0.717) is 11.5 Å². The summed E-state index contributed by atoms with van der Waals surface area (Å²) in [5.41, 5.74) is 3.32. The quantitative estimate of drug-likeness (QED) is 0.280. The molecule has 12 heteroatoms. The van der Waals surface area contributed by atoms with Crippen LogP contribution < -0.4 is 10.5 Å². The maximum absolute atomic E-state index is 11.0. The van der Waals surface area contributed by atoms with Gasteiger partial charge >= 0.3 is 10.3 Å². The molecular weight excluding hydrogens is 436 g/mol. The summed E-state index contributed by atoms with van der Waals surface area (Å²) in [7, 11) is -4.13. The number of hydrogen-bond donors (Lipinski definition) is 5. The first-order valence-corrected chi connectivity index (χ1v) is 11.5. The van der Waals surface area contributed by atoms with Crippen molar-refractivity contribution in [1.29, 1.82) is 0 Å². The molecule has 6 N–H and O–H groups in total. The van der Waals surface area contributed by atoms with E-state index in [1.54, 1.807) is 16.8 Å². The van der Waals surface area contributed by atoms with Gasteiger partial charge in [0.2, 0.25) is 0 Å². The monoisotopic (exact) mass is 458 g/mol. The number of anilines is 1. The van der Waals surface area contributed by atoms with E-state index in [1.807, 2.05) is 36.5 Å². The molecule has 3 heterocycles. The molecule has 0 spiro atoms. The van der Waals surface area contributed by atoms with Crippen molar-refractivity contribution in [2.45, 2.75) is 24.7 Å². The molecule has 0 aliphatic heterocycles. The average molecular weight is 459 g/mol. The van der Waals surface area contributed by atoms with E-state index < -0.39 is 34.5 Å². The molecule has 1 saturated carbocycles. The highest BCUT2D eigenvalue weighted by atomic mass is 32.2. The normalized spacial score (nSPS) is 23.8. The number of aromatic nitrogens is 4. The third-order valence-corrected chi connectivity index (χ3v) is 6.25. The standard InChI is InChI=1S/C20H22N6O5S/c21-32(29,30)31-10-13-8-16(20(28)19(13)27)24-17-4-6-23-18-9-15(25-26(17)18)11-1-2-14-12(7-11)3-5-22-14/h1-7,9,13,16,19-20,22,24,27-28H,8,10H2,(H2,21,29,30)/t13?,16-,19-,20+/m1/s1. The van der Waals surface area contributed by atoms with Gasteiger partial charge in [0.25, 0.3) is 0 Å². The van der Waals surface area contributed by atoms with Crippen LogP contribution in [0.2, 0.25) is 0 Å². The van der Waals surface area contributed by atoms with Crippen molar-refractivity contribution in [2.75, 3.05) is 11.9 Å². The van der Waals surface area contributed by atoms with Crippen molar-refractivity contribution < 1.29 is 22.8 Å². The third-order valence-electron chi connectivity index (χ3n) is 5.79. The van der Waals surface area contributed by atoms with Gasteiger partial charge in [0.15, 0.2) is 5.65 Å². The van der Waals surface area contributed by atoms with Gasteiger partial charge in [0.05, 0.1) is 24.4 Å². The Morgan fingerprint density at radius 1 is 1.22 bits per heavy atom. The van der Waals surface area contributed by atoms with Crippen LogP contribution in [0.15, 0.2) is 48.8 Å². The number of rotatable bonds is 6. The van der Waals surface area contributed by atoms with Gasteiger partial charge in [0, 0.05) is 40.8 Å². The highest BCUT2D eigenvalue weighted by Crippen LogP contribution is 2.30. The minimum Gasteiger partial charge on any atom is -0.390 e. The smallest absolute Gasteiger partial charge is 0.333 e. The van der Waals surface area contributed by atoms with Crippen molar-refractivity contribution in [1.82, 2.24) is 19.6 Å². The second kappa shape index (κ2) is 7.83. The van der Waals surface area contributed by atoms with Gasteiger partial charge in [-0.15, -0.1) is 0 Å². The Kier molecular flexibility index (Phi) is 5.10. The fraction of sp³-hybridized carbons (Fsp3) is 0.300. The summed E-state index contributed by atoms with van der Waals surface area (Å²) in [5.74, 6) is -0.0207. The molecule has 0 saturated heterocycles. The van der Waals surface area contributed by atoms with Crippen molar-refractivity contribution >= 4 is 32.7 Å². The molecule has 0 bridgehead atoms. The fourth-order valence-electron chi connectivity index (χ4n) is 4.16. The van der Waals surface area contributed by atoms with Crippen molar-refractivity contribution in [3.63, 3.8) is 0 Å². The van der Waals surface area contributed by atoms with Crippen molar-refractivity contribution in [3.05, 3.63) is 48.8 Å². The molecule has 1 unspecified atom stereocenters. The van der Waals surface area contributed by atoms with E-state index in [4.69, 9.17) is 5.14 Å². The highest BCUT2D eigenvalue weighted by Gasteiger charge is 2.42. The molecule has 1 fully saturated rings. The molecule has 1 aliphatic rings. The first-order valence-electron chi connectivity index (χ1n) is 10.0. The van der Waals surface area contributed by atoms with Crippen LogP contribution in [0.4, 0.5) is 5.82 Å². The molecule has 32 heavy (non-hydrogen) atoms. The second-order valence-electron chi connectivity index (χ2n) is 7.91. The van der Waals surface area contributed by atoms with E-state index in [-0.39, 0.29) is 13.0 Å². The Bertz CT molecular complexity index is 1380. The van der Waals surface area contributed by atoms with Gasteiger partial charge in [-0.25, -0.2) is 10.1 Å². The third kappa shape index (κ3) is 3.94. The molecule has 1 aliphatic carbocycles. The molecule has 5 rings (SSSR count). The summed E-state index contributed by atoms with van der Waals surface area (Å²) in [4.78, 5) is 7.52. The minimum atomic E-state index is -4.13. The number of aliphatic hydroxyl groups is 2. The first kappa shape index (κ1) is 20.8. The Morgan fingerprint density at radius 2 is 2.06 bits per heavy atom. The Morgan fingerprint density at radius 3 is 2.88 bits per heavy atom. The van der Waals surface area contributed by atoms with Crippen LogP contribution >= 0.6 is 0 Å². The van der Waals surface area contributed by atoms with Crippen molar-refractivity contribution in [3.8, 4) is 11.3 Å². The lowest BCUT2D eigenvalue weighted by atomic mass is 10.1. The van der Waals surface area contributed by atoms with E-state index in [9.17, 15) is 18.6 Å². The number of nitrogens with zero attached hydrogens (tertiary/aromatic N) is 3. The maximum Gasteiger partial charge on any atom is 0.333 e. The number of nitrogens with two attached hydrogens (primary N) is 1. The molecule has 0 radical (unpaired) electrons. The number of fused-ring (bicyclic) bond motifs is 2. The Balaban J connectivity index is 1.40.